The molecule has 2 bridgehead atoms. The van der Waals surface area contributed by atoms with Crippen molar-refractivity contribution in [3.63, 3.8) is 0 Å². The lowest BCUT2D eigenvalue weighted by Crippen LogP contribution is -2.85. The summed E-state index contributed by atoms with van der Waals surface area (Å²) in [6.45, 7) is 7.49. The predicted octanol–water partition coefficient (Wildman–Crippen LogP) is 0.289. The average molecular weight is 612 g/mol. The largest absolute Gasteiger partial charge is 0.844 e. The smallest absolute Gasteiger partial charge is 0.415 e. The minimum Gasteiger partial charge on any atom is -0.844 e. The molecule has 5 rings (SSSR count). The van der Waals surface area contributed by atoms with Crippen molar-refractivity contribution in [3.8, 4) is 11.5 Å². The van der Waals surface area contributed by atoms with Gasteiger partial charge in [-0.15, -0.1) is 0 Å². The number of amides is 3. The molecule has 4 N–H and O–H groups in total. The van der Waals surface area contributed by atoms with Crippen LogP contribution < -0.4 is 30.9 Å². The molecule has 44 heavy (non-hydrogen) atoms. The lowest BCUT2D eigenvalue weighted by Gasteiger charge is -2.70. The number of piperidine rings is 1. The quantitative estimate of drug-likeness (QED) is 0.173. The lowest BCUT2D eigenvalue weighted by atomic mass is 9.48. The van der Waals surface area contributed by atoms with Crippen molar-refractivity contribution < 1.29 is 38.2 Å². The Balaban J connectivity index is 1.30. The highest BCUT2D eigenvalue weighted by Gasteiger charge is 2.71. The zero-order chi connectivity index (χ0) is 31.9. The van der Waals surface area contributed by atoms with Gasteiger partial charge in [-0.2, -0.15) is 0 Å². The van der Waals surface area contributed by atoms with Crippen molar-refractivity contribution in [1.29, 1.82) is 0 Å². The molecule has 12 heteroatoms. The van der Waals surface area contributed by atoms with Gasteiger partial charge in [-0.25, -0.2) is 4.79 Å². The molecule has 240 valence electrons. The fourth-order valence-electron chi connectivity index (χ4n) is 8.12. The molecule has 3 amide bonds. The van der Waals surface area contributed by atoms with Gasteiger partial charge in [-0.3, -0.25) is 14.4 Å². The van der Waals surface area contributed by atoms with Gasteiger partial charge in [0.1, 0.15) is 6.04 Å². The van der Waals surface area contributed by atoms with Gasteiger partial charge in [0.25, 0.3) is 0 Å². The number of nitrogens with zero attached hydrogens (tertiary/aromatic N) is 2. The summed E-state index contributed by atoms with van der Waals surface area (Å²) < 4.78 is 12.7. The van der Waals surface area contributed by atoms with Crippen LogP contribution in [0.1, 0.15) is 56.6 Å². The monoisotopic (exact) mass is 611 g/mol. The Morgan fingerprint density at radius 2 is 2.09 bits per heavy atom. The van der Waals surface area contributed by atoms with E-state index in [9.17, 15) is 19.2 Å². The minimum absolute atomic E-state index is 0.0789. The fourth-order valence-corrected chi connectivity index (χ4v) is 8.12. The summed E-state index contributed by atoms with van der Waals surface area (Å²) in [6, 6.07) is 2.68. The van der Waals surface area contributed by atoms with E-state index in [-0.39, 0.29) is 55.3 Å². The van der Waals surface area contributed by atoms with Gasteiger partial charge >= 0.3 is 6.09 Å². The summed E-state index contributed by atoms with van der Waals surface area (Å²) in [5.74, 6) is -0.210. The molecule has 2 aliphatic carbocycles. The summed E-state index contributed by atoms with van der Waals surface area (Å²) in [5, 5.41) is 20.4. The number of carbonyl (C=O) groups is 4. The number of hydrogen-bond donors (Lipinski definition) is 3. The predicted molar refractivity (Wildman–Crippen MR) is 160 cm³/mol. The molecule has 1 aromatic carbocycles. The Kier molecular flexibility index (Phi) is 8.80. The molecule has 1 saturated carbocycles. The first kappa shape index (κ1) is 31.9. The molecular formula is C32H45N5O7. The Morgan fingerprint density at radius 3 is 2.80 bits per heavy atom. The average Bonchev–Trinajstić information content (AvgIpc) is 3.34. The number of hydrogen-bond acceptors (Lipinski definition) is 8. The number of ether oxygens (including phenoxy) is 2. The number of rotatable bonds is 12. The summed E-state index contributed by atoms with van der Waals surface area (Å²) in [6.07, 6.45) is 3.71. The standard InChI is InChI=1S/C32H45N5O7/c1-5-17-37(4)18-13-31-26-21-9-10-24(27(26)44-28(31)23(39)11-12-32(31,42)25(37)19-21)43-30(41)36(3)16-15-34-29(40)22(35-20(2)38)8-6-7-14-33/h5,9-10,22,25,28H,1,6-8,11-19,33H2,2-4H3,(H,34,40)(H,35,38)/t22-,25+,28-,31-,32+,37?/m0/s1. The van der Waals surface area contributed by atoms with Gasteiger partial charge in [-0.1, -0.05) is 12.6 Å². The molecule has 12 nitrogen and oxygen atoms in total. The zero-order valence-electron chi connectivity index (χ0n) is 26.0. The van der Waals surface area contributed by atoms with Crippen molar-refractivity contribution in [3.05, 3.63) is 35.9 Å². The third kappa shape index (κ3) is 5.16. The lowest BCUT2D eigenvalue weighted by molar-refractivity contribution is -0.954. The van der Waals surface area contributed by atoms with Crippen LogP contribution in [0.3, 0.4) is 0 Å². The Labute approximate surface area is 258 Å². The van der Waals surface area contributed by atoms with Gasteiger partial charge in [-0.05, 0) is 55.5 Å². The van der Waals surface area contributed by atoms with E-state index >= 15 is 5.11 Å². The van der Waals surface area contributed by atoms with E-state index in [4.69, 9.17) is 15.2 Å². The van der Waals surface area contributed by atoms with Crippen LogP contribution in [-0.4, -0.2) is 104 Å². The highest BCUT2D eigenvalue weighted by Crippen LogP contribution is 2.64. The normalized spacial score (nSPS) is 30.0. The molecular weight excluding hydrogens is 566 g/mol. The van der Waals surface area contributed by atoms with E-state index in [2.05, 4.69) is 24.3 Å². The molecule has 0 radical (unpaired) electrons. The van der Waals surface area contributed by atoms with Crippen molar-refractivity contribution in [1.82, 2.24) is 15.5 Å². The third-order valence-corrected chi connectivity index (χ3v) is 10.3. The topological polar surface area (TPSA) is 163 Å². The number of unbranched alkanes of at least 4 members (excludes halogenated alkanes) is 1. The molecule has 2 heterocycles. The number of likely N-dealkylation sites (tertiary alicyclic amines) is 1. The highest BCUT2D eigenvalue weighted by molar-refractivity contribution is 5.90. The van der Waals surface area contributed by atoms with E-state index in [0.29, 0.717) is 49.0 Å². The first-order chi connectivity index (χ1) is 20.9. The summed E-state index contributed by atoms with van der Waals surface area (Å²) in [5.41, 5.74) is 4.86. The van der Waals surface area contributed by atoms with E-state index in [1.807, 2.05) is 12.1 Å². The molecule has 6 atom stereocenters. The Morgan fingerprint density at radius 1 is 1.32 bits per heavy atom. The molecule has 1 saturated heterocycles. The van der Waals surface area contributed by atoms with Crippen LogP contribution in [0.25, 0.3) is 0 Å². The Bertz CT molecular complexity index is 1350. The van der Waals surface area contributed by atoms with Crippen LogP contribution in [0.15, 0.2) is 24.8 Å². The minimum atomic E-state index is -1.39. The first-order valence-corrected chi connectivity index (χ1v) is 15.6. The fraction of sp³-hybridized carbons (Fsp3) is 0.625. The van der Waals surface area contributed by atoms with Gasteiger partial charge in [0, 0.05) is 57.3 Å². The van der Waals surface area contributed by atoms with Crippen LogP contribution in [-0.2, 0) is 26.2 Å². The maximum absolute atomic E-state index is 15.0. The van der Waals surface area contributed by atoms with E-state index in [1.165, 1.54) is 11.8 Å². The summed E-state index contributed by atoms with van der Waals surface area (Å²) >= 11 is 0. The molecule has 1 unspecified atom stereocenters. The van der Waals surface area contributed by atoms with Crippen LogP contribution in [0.2, 0.25) is 0 Å². The number of likely N-dealkylation sites (N-methyl/N-ethyl adjacent to an activating group) is 2. The van der Waals surface area contributed by atoms with Gasteiger partial charge < -0.3 is 40.3 Å². The molecule has 2 aliphatic heterocycles. The van der Waals surface area contributed by atoms with Crippen molar-refractivity contribution in [2.45, 2.75) is 81.1 Å². The van der Waals surface area contributed by atoms with Gasteiger partial charge in [0.05, 0.1) is 26.2 Å². The maximum atomic E-state index is 15.0. The van der Waals surface area contributed by atoms with Gasteiger partial charge in [0.2, 0.25) is 11.8 Å². The number of nitrogens with one attached hydrogen (secondary N) is 2. The highest BCUT2D eigenvalue weighted by atomic mass is 16.6. The molecule has 1 aromatic rings. The molecule has 2 fully saturated rings. The second-order valence-corrected chi connectivity index (χ2v) is 13.0. The zero-order valence-corrected chi connectivity index (χ0v) is 26.0. The summed E-state index contributed by atoms with van der Waals surface area (Å²) in [4.78, 5) is 52.0. The third-order valence-electron chi connectivity index (χ3n) is 10.3. The summed E-state index contributed by atoms with van der Waals surface area (Å²) in [7, 11) is 3.66. The molecule has 0 aromatic heterocycles. The number of benzene rings is 1. The number of Topliss-reactive ketones (excluding diaryl/α,β-unsaturated/α-hetero) is 1. The molecule has 1 spiro atoms. The number of nitrogens with two attached hydrogens (primary N) is 1. The van der Waals surface area contributed by atoms with Crippen LogP contribution in [0, 0.1) is 0 Å². The van der Waals surface area contributed by atoms with Crippen LogP contribution >= 0.6 is 0 Å². The number of carbonyl (C=O) groups excluding carboxylic acids is 4. The maximum Gasteiger partial charge on any atom is 0.415 e. The van der Waals surface area contributed by atoms with Crippen molar-refractivity contribution >= 4 is 23.7 Å². The van der Waals surface area contributed by atoms with Crippen molar-refractivity contribution in [2.75, 3.05) is 46.8 Å². The van der Waals surface area contributed by atoms with E-state index in [1.54, 1.807) is 13.1 Å². The number of ketones is 1. The molecule has 4 aliphatic rings. The number of quaternary nitrogens is 1. The second-order valence-electron chi connectivity index (χ2n) is 13.0. The van der Waals surface area contributed by atoms with Gasteiger partial charge in [0.15, 0.2) is 23.4 Å². The van der Waals surface area contributed by atoms with Crippen LogP contribution in [0.4, 0.5) is 4.79 Å². The first-order valence-electron chi connectivity index (χ1n) is 15.6. The van der Waals surface area contributed by atoms with E-state index < -0.39 is 29.3 Å². The second kappa shape index (κ2) is 12.1. The Hall–Kier alpha value is -3.48. The van der Waals surface area contributed by atoms with Crippen LogP contribution in [0.5, 0.6) is 11.5 Å². The van der Waals surface area contributed by atoms with Crippen molar-refractivity contribution in [2.24, 2.45) is 5.73 Å². The SMILES string of the molecule is C=CC[N+]1(C)CC[C@]23c4c5ccc(OC(=O)N(C)CCNC(=O)[C@H](CCCCN)NC(C)=O)c4O[C@H]2C(=O)CC[C@@]3([O-])[C@H]1C5. The van der Waals surface area contributed by atoms with E-state index in [0.717, 1.165) is 24.1 Å².